The van der Waals surface area contributed by atoms with Crippen LogP contribution in [0.25, 0.3) is 0 Å². The monoisotopic (exact) mass is 513 g/mol. The second kappa shape index (κ2) is 9.61. The maximum Gasteiger partial charge on any atom is 0.335 e. The van der Waals surface area contributed by atoms with Crippen molar-refractivity contribution in [1.82, 2.24) is 15.0 Å². The van der Waals surface area contributed by atoms with Gasteiger partial charge in [0.15, 0.2) is 5.67 Å². The molecule has 2 aliphatic rings. The molecule has 0 aliphatic carbocycles. The number of hydrogen-bond acceptors (Lipinski definition) is 7. The van der Waals surface area contributed by atoms with E-state index >= 15 is 4.39 Å². The largest absolute Gasteiger partial charge is 0.414 e. The first-order chi connectivity index (χ1) is 15.6. The Kier molecular flexibility index (Phi) is 7.86. The fraction of sp³-hybridized carbons (Fsp3) is 0.833. The van der Waals surface area contributed by atoms with E-state index in [9.17, 15) is 5.21 Å². The van der Waals surface area contributed by atoms with Crippen molar-refractivity contribution in [3.8, 4) is 0 Å². The predicted molar refractivity (Wildman–Crippen MR) is 135 cm³/mol. The van der Waals surface area contributed by atoms with E-state index in [-0.39, 0.29) is 28.8 Å². The Labute approximate surface area is 206 Å². The van der Waals surface area contributed by atoms with Crippen molar-refractivity contribution < 1.29 is 22.6 Å². The quantitative estimate of drug-likeness (QED) is 0.492. The van der Waals surface area contributed by atoms with Gasteiger partial charge in [-0.05, 0) is 42.9 Å². The van der Waals surface area contributed by atoms with E-state index in [4.69, 9.17) is 13.0 Å². The summed E-state index contributed by atoms with van der Waals surface area (Å²) in [5.41, 5.74) is -0.203. The summed E-state index contributed by atoms with van der Waals surface area (Å²) in [6.45, 7) is 22.3. The Morgan fingerprint density at radius 2 is 1.56 bits per heavy atom. The number of alkyl halides is 1. The molecule has 194 valence electrons. The fourth-order valence-corrected chi connectivity index (χ4v) is 17.2. The third-order valence-corrected chi connectivity index (χ3v) is 18.0. The normalized spacial score (nSPS) is 31.9. The van der Waals surface area contributed by atoms with E-state index in [2.05, 4.69) is 65.4 Å². The zero-order valence-corrected chi connectivity index (χ0v) is 24.7. The van der Waals surface area contributed by atoms with Crippen LogP contribution in [0, 0.1) is 13.8 Å². The molecule has 0 amide bonds. The number of hydroxylamine groups is 2. The van der Waals surface area contributed by atoms with Crippen LogP contribution < -0.4 is 0 Å². The standard InChI is InChI=1S/C24H44FN3O4Si2/c1-14(2)33(15(3)4)30-13-21-23(31-34(32-33,16(5)6)17(7)8)24(11,25)22(28(21)29)20-12-26-19(10)27-18(20)9/h12,14-17,21-23,29H,13H2,1-11H3/t21-,22+,23-,24+/m1/s1. The number of rotatable bonds is 5. The van der Waals surface area contributed by atoms with Crippen molar-refractivity contribution in [1.29, 1.82) is 0 Å². The molecule has 1 aromatic rings. The maximum absolute atomic E-state index is 16.9. The summed E-state index contributed by atoms with van der Waals surface area (Å²) in [5.74, 6) is 0.610. The second-order valence-corrected chi connectivity index (χ2v) is 20.3. The van der Waals surface area contributed by atoms with E-state index < -0.39 is 41.0 Å². The van der Waals surface area contributed by atoms with Crippen LogP contribution in [0.2, 0.25) is 22.2 Å². The summed E-state index contributed by atoms with van der Waals surface area (Å²) in [7, 11) is -5.80. The van der Waals surface area contributed by atoms with E-state index in [1.165, 1.54) is 6.92 Å². The van der Waals surface area contributed by atoms with Gasteiger partial charge in [-0.1, -0.05) is 55.4 Å². The van der Waals surface area contributed by atoms with Gasteiger partial charge in [0.2, 0.25) is 0 Å². The highest BCUT2D eigenvalue weighted by Gasteiger charge is 2.66. The van der Waals surface area contributed by atoms with E-state index in [0.717, 1.165) is 5.06 Å². The highest BCUT2D eigenvalue weighted by atomic mass is 28.5. The van der Waals surface area contributed by atoms with Crippen LogP contribution >= 0.6 is 0 Å². The number of aromatic nitrogens is 2. The van der Waals surface area contributed by atoms with Crippen LogP contribution in [-0.4, -0.2) is 61.8 Å². The van der Waals surface area contributed by atoms with Gasteiger partial charge in [-0.25, -0.2) is 14.4 Å². The molecule has 3 rings (SSSR count). The first kappa shape index (κ1) is 27.8. The molecular formula is C24H44FN3O4Si2. The van der Waals surface area contributed by atoms with Crippen molar-refractivity contribution >= 4 is 17.1 Å². The highest BCUT2D eigenvalue weighted by molar-refractivity contribution is 6.84. The molecular weight excluding hydrogens is 469 g/mol. The SMILES string of the molecule is Cc1ncc([C@@H]2N(O)[C@@H]3CO[Si](C(C)C)(C(C)C)O[Si](C(C)C)(C(C)C)O[C@H]3[C@@]2(C)F)c(C)n1. The van der Waals surface area contributed by atoms with Crippen LogP contribution in [-0.2, 0) is 13.0 Å². The summed E-state index contributed by atoms with van der Waals surface area (Å²) < 4.78 is 37.7. The molecule has 1 N–H and O–H groups in total. The van der Waals surface area contributed by atoms with Crippen LogP contribution in [0.3, 0.4) is 0 Å². The molecule has 0 saturated carbocycles. The Bertz CT molecular complexity index is 868. The number of aryl methyl sites for hydroxylation is 2. The third-order valence-electron chi connectivity index (χ3n) is 7.81. The van der Waals surface area contributed by atoms with E-state index in [0.29, 0.717) is 17.1 Å². The van der Waals surface area contributed by atoms with Gasteiger partial charge in [-0.15, -0.1) is 0 Å². The average molecular weight is 514 g/mol. The Hall–Kier alpha value is -0.756. The Morgan fingerprint density at radius 3 is 2.03 bits per heavy atom. The molecule has 2 saturated heterocycles. The molecule has 0 aromatic carbocycles. The predicted octanol–water partition coefficient (Wildman–Crippen LogP) is 5.89. The van der Waals surface area contributed by atoms with Crippen LogP contribution in [0.5, 0.6) is 0 Å². The summed E-state index contributed by atoms with van der Waals surface area (Å²) >= 11 is 0. The molecule has 34 heavy (non-hydrogen) atoms. The molecule has 0 unspecified atom stereocenters. The number of nitrogens with zero attached hydrogens (tertiary/aromatic N) is 3. The van der Waals surface area contributed by atoms with Crippen molar-refractivity contribution in [2.45, 2.75) is 122 Å². The number of hydrogen-bond donors (Lipinski definition) is 1. The van der Waals surface area contributed by atoms with Gasteiger partial charge in [0, 0.05) is 17.5 Å². The van der Waals surface area contributed by atoms with Gasteiger partial charge < -0.3 is 18.2 Å². The van der Waals surface area contributed by atoms with Crippen molar-refractivity contribution in [3.05, 3.63) is 23.3 Å². The lowest BCUT2D eigenvalue weighted by atomic mass is 9.90. The Morgan fingerprint density at radius 1 is 1.03 bits per heavy atom. The molecule has 10 heteroatoms. The second-order valence-electron chi connectivity index (χ2n) is 11.5. The zero-order chi connectivity index (χ0) is 25.8. The maximum atomic E-state index is 16.9. The lowest BCUT2D eigenvalue weighted by molar-refractivity contribution is -0.159. The van der Waals surface area contributed by atoms with E-state index in [1.807, 2.05) is 6.92 Å². The lowest BCUT2D eigenvalue weighted by Crippen LogP contribution is -2.66. The lowest BCUT2D eigenvalue weighted by Gasteiger charge is -2.52. The zero-order valence-electron chi connectivity index (χ0n) is 22.7. The number of halogens is 1. The minimum absolute atomic E-state index is 0.0747. The topological polar surface area (TPSA) is 76.9 Å². The smallest absolute Gasteiger partial charge is 0.335 e. The summed E-state index contributed by atoms with van der Waals surface area (Å²) in [4.78, 5) is 8.73. The van der Waals surface area contributed by atoms with E-state index in [1.54, 1.807) is 13.1 Å². The van der Waals surface area contributed by atoms with Gasteiger partial charge >= 0.3 is 17.1 Å². The van der Waals surface area contributed by atoms with Crippen molar-refractivity contribution in [2.75, 3.05) is 6.61 Å². The minimum atomic E-state index is -3.01. The van der Waals surface area contributed by atoms with Crippen LogP contribution in [0.15, 0.2) is 6.20 Å². The molecule has 2 aliphatic heterocycles. The van der Waals surface area contributed by atoms with Crippen LogP contribution in [0.4, 0.5) is 4.39 Å². The van der Waals surface area contributed by atoms with Gasteiger partial charge in [-0.2, -0.15) is 5.06 Å². The van der Waals surface area contributed by atoms with Gasteiger partial charge in [-0.3, -0.25) is 0 Å². The minimum Gasteiger partial charge on any atom is -0.414 e. The first-order valence-corrected chi connectivity index (χ1v) is 16.5. The fourth-order valence-electron chi connectivity index (χ4n) is 5.91. The Balaban J connectivity index is 2.18. The van der Waals surface area contributed by atoms with Crippen LogP contribution in [0.1, 0.15) is 85.4 Å². The molecule has 0 spiro atoms. The average Bonchev–Trinajstić information content (AvgIpc) is 2.86. The van der Waals surface area contributed by atoms with Crippen molar-refractivity contribution in [3.63, 3.8) is 0 Å². The molecule has 4 atom stereocenters. The van der Waals surface area contributed by atoms with Gasteiger partial charge in [0.1, 0.15) is 18.0 Å². The molecule has 3 heterocycles. The van der Waals surface area contributed by atoms with Gasteiger partial charge in [0.25, 0.3) is 0 Å². The molecule has 0 bridgehead atoms. The summed E-state index contributed by atoms with van der Waals surface area (Å²) in [6, 6.07) is -1.64. The molecule has 0 radical (unpaired) electrons. The molecule has 2 fully saturated rings. The number of fused-ring (bicyclic) bond motifs is 1. The summed E-state index contributed by atoms with van der Waals surface area (Å²) in [5, 5.41) is 12.6. The first-order valence-electron chi connectivity index (χ1n) is 12.6. The molecule has 7 nitrogen and oxygen atoms in total. The van der Waals surface area contributed by atoms with Crippen molar-refractivity contribution in [2.24, 2.45) is 0 Å². The molecule has 1 aromatic heterocycles. The third kappa shape index (κ3) is 4.33. The van der Waals surface area contributed by atoms with Gasteiger partial charge in [0.05, 0.1) is 12.6 Å². The summed E-state index contributed by atoms with van der Waals surface area (Å²) in [6.07, 6.45) is 0.711. The highest BCUT2D eigenvalue weighted by Crippen LogP contribution is 2.53.